The molecule has 4 rings (SSSR count). The second kappa shape index (κ2) is 14.9. The van der Waals surface area contributed by atoms with Gasteiger partial charge in [0.15, 0.2) is 0 Å². The summed E-state index contributed by atoms with van der Waals surface area (Å²) in [4.78, 5) is 42.6. The molecular weight excluding hydrogens is 620 g/mol. The molecule has 0 aliphatic carbocycles. The quantitative estimate of drug-likeness (QED) is 0.224. The van der Waals surface area contributed by atoms with Gasteiger partial charge in [-0.05, 0) is 73.4 Å². The monoisotopic (exact) mass is 656 g/mol. The van der Waals surface area contributed by atoms with Gasteiger partial charge in [0.1, 0.15) is 11.8 Å². The van der Waals surface area contributed by atoms with Crippen LogP contribution in [0.25, 0.3) is 0 Å². The number of sulfonamides is 1. The fourth-order valence-corrected chi connectivity index (χ4v) is 6.95. The maximum absolute atomic E-state index is 14.0. The molecule has 1 saturated heterocycles. The lowest BCUT2D eigenvalue weighted by molar-refractivity contribution is -0.146. The van der Waals surface area contributed by atoms with Gasteiger partial charge in [0.25, 0.3) is 0 Å². The van der Waals surface area contributed by atoms with Gasteiger partial charge in [0, 0.05) is 23.8 Å². The minimum absolute atomic E-state index is 0.0157. The Labute approximate surface area is 268 Å². The van der Waals surface area contributed by atoms with E-state index < -0.39 is 46.4 Å². The first kappa shape index (κ1) is 33.9. The fraction of sp³-hybridized carbons (Fsp3) is 0.344. The van der Waals surface area contributed by atoms with Gasteiger partial charge in [-0.25, -0.2) is 13.9 Å². The van der Waals surface area contributed by atoms with Gasteiger partial charge in [-0.15, -0.1) is 0 Å². The molecule has 45 heavy (non-hydrogen) atoms. The third-order valence-electron chi connectivity index (χ3n) is 7.87. The number of anilines is 1. The van der Waals surface area contributed by atoms with Gasteiger partial charge in [-0.3, -0.25) is 19.6 Å². The zero-order valence-electron chi connectivity index (χ0n) is 25.4. The Hall–Kier alpha value is -3.97. The predicted octanol–water partition coefficient (Wildman–Crippen LogP) is 3.67. The number of benzene rings is 3. The van der Waals surface area contributed by atoms with Crippen LogP contribution in [0.5, 0.6) is 5.75 Å². The number of ether oxygens (including phenoxy) is 1. The molecule has 1 heterocycles. The topological polar surface area (TPSA) is 137 Å². The Morgan fingerprint density at radius 3 is 2.33 bits per heavy atom. The van der Waals surface area contributed by atoms with Gasteiger partial charge in [-0.1, -0.05) is 48.9 Å². The van der Waals surface area contributed by atoms with Crippen molar-refractivity contribution in [2.45, 2.75) is 50.1 Å². The second-order valence-corrected chi connectivity index (χ2v) is 13.1. The number of halogens is 1. The summed E-state index contributed by atoms with van der Waals surface area (Å²) in [6.07, 6.45) is 0.871. The highest BCUT2D eigenvalue weighted by Crippen LogP contribution is 2.28. The van der Waals surface area contributed by atoms with Crippen LogP contribution in [0.2, 0.25) is 5.02 Å². The lowest BCUT2D eigenvalue weighted by atomic mass is 10.0. The Balaban J connectivity index is 1.65. The van der Waals surface area contributed by atoms with Gasteiger partial charge in [-0.2, -0.15) is 4.31 Å². The zero-order valence-corrected chi connectivity index (χ0v) is 26.9. The molecule has 0 saturated carbocycles. The molecule has 0 aromatic heterocycles. The van der Waals surface area contributed by atoms with E-state index in [0.29, 0.717) is 22.9 Å². The highest BCUT2D eigenvalue weighted by molar-refractivity contribution is 7.89. The van der Waals surface area contributed by atoms with Crippen LogP contribution < -0.4 is 15.1 Å². The van der Waals surface area contributed by atoms with Crippen LogP contribution in [-0.4, -0.2) is 79.4 Å². The molecule has 0 radical (unpaired) electrons. The highest BCUT2D eigenvalue weighted by atomic mass is 35.5. The third kappa shape index (κ3) is 8.01. The molecule has 2 N–H and O–H groups in total. The maximum Gasteiger partial charge on any atom is 0.249 e. The molecule has 1 aliphatic heterocycles. The van der Waals surface area contributed by atoms with Gasteiger partial charge >= 0.3 is 0 Å². The van der Waals surface area contributed by atoms with Crippen molar-refractivity contribution in [3.05, 3.63) is 88.9 Å². The number of rotatable bonds is 12. The Morgan fingerprint density at radius 2 is 1.73 bits per heavy atom. The molecule has 3 amide bonds. The van der Waals surface area contributed by atoms with Crippen molar-refractivity contribution in [3.8, 4) is 5.75 Å². The number of hydrogen-bond donors (Lipinski definition) is 2. The van der Waals surface area contributed by atoms with Crippen LogP contribution in [0.4, 0.5) is 5.69 Å². The van der Waals surface area contributed by atoms with Crippen LogP contribution in [0.3, 0.4) is 0 Å². The Bertz CT molecular complexity index is 1620. The van der Waals surface area contributed by atoms with Crippen LogP contribution in [0.15, 0.2) is 77.7 Å². The normalized spacial score (nSPS) is 17.0. The van der Waals surface area contributed by atoms with E-state index in [1.807, 2.05) is 31.2 Å². The van der Waals surface area contributed by atoms with E-state index in [1.54, 1.807) is 29.7 Å². The van der Waals surface area contributed by atoms with Crippen molar-refractivity contribution in [1.29, 1.82) is 0 Å². The predicted molar refractivity (Wildman–Crippen MR) is 170 cm³/mol. The summed E-state index contributed by atoms with van der Waals surface area (Å²) >= 11 is 6.16. The van der Waals surface area contributed by atoms with Gasteiger partial charge < -0.3 is 14.5 Å². The Morgan fingerprint density at radius 1 is 1.07 bits per heavy atom. The molecule has 0 spiro atoms. The minimum atomic E-state index is -4.18. The summed E-state index contributed by atoms with van der Waals surface area (Å²) < 4.78 is 34.1. The first-order valence-corrected chi connectivity index (χ1v) is 16.3. The third-order valence-corrected chi connectivity index (χ3v) is 9.97. The average molecular weight is 657 g/mol. The minimum Gasteiger partial charge on any atom is -0.497 e. The van der Waals surface area contributed by atoms with Crippen molar-refractivity contribution in [3.63, 3.8) is 0 Å². The van der Waals surface area contributed by atoms with E-state index in [4.69, 9.17) is 16.3 Å². The molecule has 0 bridgehead atoms. The van der Waals surface area contributed by atoms with E-state index in [2.05, 4.69) is 0 Å². The number of carbonyl (C=O) groups excluding carboxylic acids is 3. The van der Waals surface area contributed by atoms with E-state index in [1.165, 1.54) is 48.1 Å². The molecule has 1 aliphatic rings. The first-order valence-electron chi connectivity index (χ1n) is 14.5. The molecular formula is C32H37ClN4O7S. The number of nitrogens with zero attached hydrogens (tertiary/aromatic N) is 3. The summed E-state index contributed by atoms with van der Waals surface area (Å²) in [6.45, 7) is 2.91. The van der Waals surface area contributed by atoms with E-state index in [-0.39, 0.29) is 24.4 Å². The summed E-state index contributed by atoms with van der Waals surface area (Å²) in [5, 5.41) is 9.66. The van der Waals surface area contributed by atoms with Crippen molar-refractivity contribution < 1.29 is 32.7 Å². The van der Waals surface area contributed by atoms with Crippen molar-refractivity contribution in [2.24, 2.45) is 0 Å². The number of hydrogen-bond acceptors (Lipinski definition) is 7. The van der Waals surface area contributed by atoms with Crippen molar-refractivity contribution >= 4 is 45.0 Å². The smallest absolute Gasteiger partial charge is 0.249 e. The first-order chi connectivity index (χ1) is 21.5. The lowest BCUT2D eigenvalue weighted by Gasteiger charge is -2.45. The number of carbonyl (C=O) groups is 3. The summed E-state index contributed by atoms with van der Waals surface area (Å²) in [7, 11) is -2.70. The molecule has 240 valence electrons. The standard InChI is InChI=1S/C32H37ClN4O7S/c1-4-23-8-10-24(11-9-23)16-17-35(45(42,43)29-14-12-28(44-3)13-15-29)21-31(39)37-22(2)32(40)36(20-27(37)19-30(38)34-41)26-7-5-6-25(33)18-26/h5-15,18,22,27,41H,4,16-17,19-21H2,1-3H3,(H,34,38)/t22-,27?/m0/s1. The largest absolute Gasteiger partial charge is 0.497 e. The molecule has 1 fully saturated rings. The maximum atomic E-state index is 14.0. The number of methoxy groups -OCH3 is 1. The number of nitrogens with one attached hydrogen (secondary N) is 1. The number of amides is 3. The summed E-state index contributed by atoms with van der Waals surface area (Å²) in [5.74, 6) is -1.37. The summed E-state index contributed by atoms with van der Waals surface area (Å²) in [5.41, 5.74) is 4.11. The van der Waals surface area contributed by atoms with E-state index in [9.17, 15) is 28.0 Å². The number of hydroxylamine groups is 1. The zero-order chi connectivity index (χ0) is 32.7. The SMILES string of the molecule is CCc1ccc(CCN(CC(=O)N2C(CC(=O)NO)CN(c3cccc(Cl)c3)C(=O)[C@@H]2C)S(=O)(=O)c2ccc(OC)cc2)cc1. The molecule has 1 unspecified atom stereocenters. The summed E-state index contributed by atoms with van der Waals surface area (Å²) in [6, 6.07) is 18.4. The fourth-order valence-electron chi connectivity index (χ4n) is 5.38. The van der Waals surface area contributed by atoms with Gasteiger partial charge in [0.05, 0.1) is 31.0 Å². The molecule has 3 aromatic rings. The molecule has 13 heteroatoms. The van der Waals surface area contributed by atoms with Crippen LogP contribution in [0, 0.1) is 0 Å². The van der Waals surface area contributed by atoms with E-state index in [0.717, 1.165) is 21.9 Å². The Kier molecular flexibility index (Phi) is 11.2. The average Bonchev–Trinajstić information content (AvgIpc) is 3.04. The van der Waals surface area contributed by atoms with Crippen molar-refractivity contribution in [2.75, 3.05) is 31.6 Å². The number of piperazine rings is 1. The molecule has 2 atom stereocenters. The van der Waals surface area contributed by atoms with Crippen LogP contribution in [0.1, 0.15) is 31.4 Å². The highest BCUT2D eigenvalue weighted by Gasteiger charge is 2.43. The van der Waals surface area contributed by atoms with Gasteiger partial charge in [0.2, 0.25) is 27.7 Å². The molecule has 3 aromatic carbocycles. The number of aryl methyl sites for hydroxylation is 1. The second-order valence-electron chi connectivity index (χ2n) is 10.7. The lowest BCUT2D eigenvalue weighted by Crippen LogP contribution is -2.64. The van der Waals surface area contributed by atoms with Crippen LogP contribution in [-0.2, 0) is 37.2 Å². The van der Waals surface area contributed by atoms with E-state index >= 15 is 0 Å². The van der Waals surface area contributed by atoms with Crippen LogP contribution >= 0.6 is 11.6 Å². The van der Waals surface area contributed by atoms with Crippen molar-refractivity contribution in [1.82, 2.24) is 14.7 Å². The molecule has 11 nitrogen and oxygen atoms in total.